The van der Waals surface area contributed by atoms with E-state index in [1.54, 1.807) is 12.1 Å². The third-order valence-corrected chi connectivity index (χ3v) is 4.14. The lowest BCUT2D eigenvalue weighted by atomic mass is 9.67. The molecular formula is C17H25ClFN. The van der Waals surface area contributed by atoms with Gasteiger partial charge in [0.25, 0.3) is 0 Å². The predicted molar refractivity (Wildman–Crippen MR) is 87.0 cm³/mol. The molecule has 1 aromatic carbocycles. The van der Waals surface area contributed by atoms with Crippen LogP contribution in [-0.2, 0) is 0 Å². The van der Waals surface area contributed by atoms with E-state index in [-0.39, 0.29) is 29.1 Å². The van der Waals surface area contributed by atoms with Gasteiger partial charge in [0, 0.05) is 12.2 Å². The number of hydrogen-bond donors (Lipinski definition) is 1. The molecule has 0 saturated carbocycles. The van der Waals surface area contributed by atoms with Crippen LogP contribution >= 0.6 is 12.4 Å². The molecule has 0 aromatic heterocycles. The lowest BCUT2D eigenvalue weighted by Crippen LogP contribution is -2.29. The first-order valence-electron chi connectivity index (χ1n) is 7.00. The summed E-state index contributed by atoms with van der Waals surface area (Å²) in [6.45, 7) is 9.94. The fourth-order valence-corrected chi connectivity index (χ4v) is 2.62. The van der Waals surface area contributed by atoms with Gasteiger partial charge < -0.3 is 5.32 Å². The van der Waals surface area contributed by atoms with E-state index < -0.39 is 0 Å². The van der Waals surface area contributed by atoms with E-state index in [2.05, 4.69) is 39.1 Å². The second kappa shape index (κ2) is 6.17. The van der Waals surface area contributed by atoms with Gasteiger partial charge in [0.15, 0.2) is 0 Å². The summed E-state index contributed by atoms with van der Waals surface area (Å²) in [4.78, 5) is 0. The van der Waals surface area contributed by atoms with Crippen LogP contribution in [0.2, 0.25) is 0 Å². The number of allylic oxidation sites excluding steroid dienone is 1. The highest BCUT2D eigenvalue weighted by molar-refractivity contribution is 5.85. The molecule has 0 bridgehead atoms. The van der Waals surface area contributed by atoms with E-state index in [0.717, 1.165) is 12.2 Å². The molecule has 0 amide bonds. The van der Waals surface area contributed by atoms with Crippen LogP contribution < -0.4 is 5.32 Å². The minimum absolute atomic E-state index is 0. The maximum absolute atomic E-state index is 13.2. The topological polar surface area (TPSA) is 12.0 Å². The molecule has 0 heterocycles. The third kappa shape index (κ3) is 4.24. The molecular weight excluding hydrogens is 273 g/mol. The smallest absolute Gasteiger partial charge is 0.125 e. The van der Waals surface area contributed by atoms with Gasteiger partial charge in [0.2, 0.25) is 0 Å². The van der Waals surface area contributed by atoms with Crippen molar-refractivity contribution in [2.75, 3.05) is 11.9 Å². The van der Waals surface area contributed by atoms with E-state index in [4.69, 9.17) is 0 Å². The summed E-state index contributed by atoms with van der Waals surface area (Å²) in [7, 11) is 0. The van der Waals surface area contributed by atoms with Crippen LogP contribution in [0.15, 0.2) is 35.9 Å². The molecule has 0 radical (unpaired) electrons. The van der Waals surface area contributed by atoms with Crippen molar-refractivity contribution in [2.45, 2.75) is 40.5 Å². The second-order valence-corrected chi connectivity index (χ2v) is 6.91. The number of hydrogen-bond acceptors (Lipinski definition) is 1. The van der Waals surface area contributed by atoms with Crippen LogP contribution in [0.25, 0.3) is 0 Å². The summed E-state index contributed by atoms with van der Waals surface area (Å²) < 4.78 is 13.2. The Hall–Kier alpha value is -1.02. The van der Waals surface area contributed by atoms with Gasteiger partial charge in [-0.15, -0.1) is 12.4 Å². The quantitative estimate of drug-likeness (QED) is 0.733. The maximum atomic E-state index is 13.2. The molecule has 1 aromatic rings. The predicted octanol–water partition coefficient (Wildman–Crippen LogP) is 5.43. The van der Waals surface area contributed by atoms with Crippen LogP contribution in [0.5, 0.6) is 0 Å². The Morgan fingerprint density at radius 1 is 1.15 bits per heavy atom. The van der Waals surface area contributed by atoms with Crippen LogP contribution in [0, 0.1) is 16.6 Å². The summed E-state index contributed by atoms with van der Waals surface area (Å²) in [5.74, 6) is -0.192. The summed E-state index contributed by atoms with van der Waals surface area (Å²) in [6, 6.07) is 6.66. The fraction of sp³-hybridized carbons (Fsp3) is 0.529. The van der Waals surface area contributed by atoms with Crippen molar-refractivity contribution in [1.29, 1.82) is 0 Å². The summed E-state index contributed by atoms with van der Waals surface area (Å²) in [6.07, 6.45) is 4.82. The molecule has 0 aliphatic heterocycles. The van der Waals surface area contributed by atoms with E-state index in [1.165, 1.54) is 24.5 Å². The first kappa shape index (κ1) is 17.0. The normalized spacial score (nSPS) is 19.8. The van der Waals surface area contributed by atoms with Crippen molar-refractivity contribution in [3.63, 3.8) is 0 Å². The standard InChI is InChI=1S/C17H24FN.ClH/c1-16(2)8-9-17(3,4)13(11-16)12-19-15-7-5-6-14(18)10-15;/h5-7,10-11,19H,8-9,12H2,1-4H3;1H. The van der Waals surface area contributed by atoms with Gasteiger partial charge in [0.1, 0.15) is 5.82 Å². The average molecular weight is 298 g/mol. The van der Waals surface area contributed by atoms with E-state index in [1.807, 2.05) is 6.07 Å². The SMILES string of the molecule is CC1(C)C=C(CNc2cccc(F)c2)C(C)(C)CC1.Cl. The molecule has 20 heavy (non-hydrogen) atoms. The zero-order valence-electron chi connectivity index (χ0n) is 12.8. The molecule has 0 unspecified atom stereocenters. The monoisotopic (exact) mass is 297 g/mol. The van der Waals surface area contributed by atoms with Crippen molar-refractivity contribution in [1.82, 2.24) is 0 Å². The van der Waals surface area contributed by atoms with Crippen molar-refractivity contribution < 1.29 is 4.39 Å². The van der Waals surface area contributed by atoms with Crippen LogP contribution in [-0.4, -0.2) is 6.54 Å². The molecule has 0 fully saturated rings. The summed E-state index contributed by atoms with van der Waals surface area (Å²) >= 11 is 0. The van der Waals surface area contributed by atoms with Gasteiger partial charge in [-0.05, 0) is 47.4 Å². The molecule has 1 nitrogen and oxygen atoms in total. The van der Waals surface area contributed by atoms with Crippen molar-refractivity contribution in [3.8, 4) is 0 Å². The number of benzene rings is 1. The average Bonchev–Trinajstić information content (AvgIpc) is 2.31. The van der Waals surface area contributed by atoms with Gasteiger partial charge >= 0.3 is 0 Å². The van der Waals surface area contributed by atoms with Gasteiger partial charge in [-0.1, -0.05) is 39.8 Å². The Bertz CT molecular complexity index is 492. The molecule has 112 valence electrons. The molecule has 1 N–H and O–H groups in total. The molecule has 3 heteroatoms. The Kier molecular flexibility index (Phi) is 5.26. The largest absolute Gasteiger partial charge is 0.381 e. The second-order valence-electron chi connectivity index (χ2n) is 6.91. The minimum Gasteiger partial charge on any atom is -0.381 e. The summed E-state index contributed by atoms with van der Waals surface area (Å²) in [5, 5.41) is 3.34. The van der Waals surface area contributed by atoms with E-state index in [0.29, 0.717) is 0 Å². The van der Waals surface area contributed by atoms with Gasteiger partial charge in [-0.25, -0.2) is 4.39 Å². The number of anilines is 1. The van der Waals surface area contributed by atoms with Gasteiger partial charge in [-0.2, -0.15) is 0 Å². The van der Waals surface area contributed by atoms with Crippen LogP contribution in [0.3, 0.4) is 0 Å². The van der Waals surface area contributed by atoms with E-state index >= 15 is 0 Å². The number of nitrogens with one attached hydrogen (secondary N) is 1. The highest BCUT2D eigenvalue weighted by atomic mass is 35.5. The van der Waals surface area contributed by atoms with Crippen molar-refractivity contribution >= 4 is 18.1 Å². The minimum atomic E-state index is -0.192. The van der Waals surface area contributed by atoms with Crippen LogP contribution in [0.1, 0.15) is 40.5 Å². The molecule has 0 spiro atoms. The Balaban J connectivity index is 0.00000200. The first-order chi connectivity index (χ1) is 8.78. The number of rotatable bonds is 3. The highest BCUT2D eigenvalue weighted by Gasteiger charge is 2.32. The van der Waals surface area contributed by atoms with Crippen LogP contribution in [0.4, 0.5) is 10.1 Å². The fourth-order valence-electron chi connectivity index (χ4n) is 2.62. The highest BCUT2D eigenvalue weighted by Crippen LogP contribution is 2.43. The number of halogens is 2. The lowest BCUT2D eigenvalue weighted by molar-refractivity contribution is 0.278. The Labute approximate surface area is 128 Å². The lowest BCUT2D eigenvalue weighted by Gasteiger charge is -2.39. The first-order valence-corrected chi connectivity index (χ1v) is 7.00. The van der Waals surface area contributed by atoms with E-state index in [9.17, 15) is 4.39 Å². The maximum Gasteiger partial charge on any atom is 0.125 e. The Morgan fingerprint density at radius 2 is 1.85 bits per heavy atom. The van der Waals surface area contributed by atoms with Gasteiger partial charge in [0.05, 0.1) is 0 Å². The summed E-state index contributed by atoms with van der Waals surface area (Å²) in [5.41, 5.74) is 2.78. The van der Waals surface area contributed by atoms with Crippen molar-refractivity contribution in [3.05, 3.63) is 41.7 Å². The van der Waals surface area contributed by atoms with Crippen molar-refractivity contribution in [2.24, 2.45) is 10.8 Å². The molecule has 0 saturated heterocycles. The molecule has 1 aliphatic carbocycles. The molecule has 2 rings (SSSR count). The third-order valence-electron chi connectivity index (χ3n) is 4.14. The zero-order valence-corrected chi connectivity index (χ0v) is 13.6. The molecule has 1 aliphatic rings. The Morgan fingerprint density at radius 3 is 2.50 bits per heavy atom. The molecule has 0 atom stereocenters. The van der Waals surface area contributed by atoms with Gasteiger partial charge in [-0.3, -0.25) is 0 Å². The zero-order chi connectivity index (χ0) is 14.1.